The van der Waals surface area contributed by atoms with Crippen molar-refractivity contribution in [3.05, 3.63) is 33.9 Å². The molecule has 0 radical (unpaired) electrons. The molecule has 1 aromatic rings. The smallest absolute Gasteiger partial charge is 0.274 e. The van der Waals surface area contributed by atoms with Gasteiger partial charge in [-0.1, -0.05) is 13.0 Å². The van der Waals surface area contributed by atoms with Crippen molar-refractivity contribution in [2.24, 2.45) is 11.1 Å². The van der Waals surface area contributed by atoms with Crippen LogP contribution in [0.25, 0.3) is 0 Å². The summed E-state index contributed by atoms with van der Waals surface area (Å²) in [5, 5.41) is 13.7. The first-order valence-corrected chi connectivity index (χ1v) is 7.81. The Labute approximate surface area is 148 Å². The summed E-state index contributed by atoms with van der Waals surface area (Å²) in [5.41, 5.74) is 6.92. The van der Waals surface area contributed by atoms with E-state index in [9.17, 15) is 14.9 Å². The van der Waals surface area contributed by atoms with Gasteiger partial charge in [-0.25, -0.2) is 0 Å². The van der Waals surface area contributed by atoms with Crippen LogP contribution in [0.15, 0.2) is 18.2 Å². The van der Waals surface area contributed by atoms with E-state index in [0.717, 1.165) is 19.5 Å². The fourth-order valence-corrected chi connectivity index (χ4v) is 2.91. The molecule has 1 aliphatic rings. The summed E-state index contributed by atoms with van der Waals surface area (Å²) in [7, 11) is 0. The molecule has 1 saturated heterocycles. The molecular weight excluding hydrogens is 332 g/mol. The molecule has 0 saturated carbocycles. The number of carbonyl (C=O) groups excluding carboxylic acids is 1. The highest BCUT2D eigenvalue weighted by Gasteiger charge is 2.32. The van der Waals surface area contributed by atoms with Crippen LogP contribution in [0, 0.1) is 22.5 Å². The molecule has 2 rings (SSSR count). The van der Waals surface area contributed by atoms with E-state index in [1.807, 2.05) is 0 Å². The van der Waals surface area contributed by atoms with Crippen LogP contribution in [0.2, 0.25) is 0 Å². The van der Waals surface area contributed by atoms with Crippen LogP contribution in [-0.4, -0.2) is 41.9 Å². The molecule has 1 unspecified atom stereocenters. The van der Waals surface area contributed by atoms with E-state index in [4.69, 9.17) is 5.73 Å². The minimum absolute atomic E-state index is 0. The third-order valence-electron chi connectivity index (χ3n) is 4.56. The van der Waals surface area contributed by atoms with Gasteiger partial charge in [0.2, 0.25) is 5.91 Å². The zero-order chi connectivity index (χ0) is 17.0. The first-order valence-electron chi connectivity index (χ1n) is 7.81. The highest BCUT2D eigenvalue weighted by atomic mass is 35.5. The van der Waals surface area contributed by atoms with Crippen molar-refractivity contribution in [1.82, 2.24) is 4.90 Å². The molecule has 1 aromatic carbocycles. The molecule has 3 N–H and O–H groups in total. The molecule has 7 nitrogen and oxygen atoms in total. The second-order valence-corrected chi connectivity index (χ2v) is 6.55. The molecule has 0 bridgehead atoms. The Morgan fingerprint density at radius 3 is 2.79 bits per heavy atom. The summed E-state index contributed by atoms with van der Waals surface area (Å²) in [6.45, 7) is 7.00. The van der Waals surface area contributed by atoms with Crippen LogP contribution in [0.4, 0.5) is 11.4 Å². The fraction of sp³-hybridized carbons (Fsp3) is 0.562. The summed E-state index contributed by atoms with van der Waals surface area (Å²) in [4.78, 5) is 24.8. The Hall–Kier alpha value is -1.70. The zero-order valence-electron chi connectivity index (χ0n) is 14.1. The number of carbonyl (C=O) groups is 1. The highest BCUT2D eigenvalue weighted by Crippen LogP contribution is 2.28. The van der Waals surface area contributed by atoms with Gasteiger partial charge in [-0.05, 0) is 37.9 Å². The quantitative estimate of drug-likeness (QED) is 0.601. The number of amides is 1. The topological polar surface area (TPSA) is 102 Å². The summed E-state index contributed by atoms with van der Waals surface area (Å²) in [6, 6.07) is 4.69. The number of nitro benzene ring substituents is 1. The molecule has 134 valence electrons. The van der Waals surface area contributed by atoms with Gasteiger partial charge < -0.3 is 16.0 Å². The standard InChI is InChI=1S/C16H24N4O3.ClH/c1-12-13(4-3-5-14(12)20(22)23)18-15(21)6-8-19-9-7-16(2,10-17)11-19;/h3-5H,6-11,17H2,1-2H3,(H,18,21);1H. The predicted octanol–water partition coefficient (Wildman–Crippen LogP) is 2.32. The number of rotatable bonds is 6. The van der Waals surface area contributed by atoms with E-state index in [2.05, 4.69) is 17.1 Å². The number of nitrogens with zero attached hydrogens (tertiary/aromatic N) is 2. The number of benzene rings is 1. The molecule has 1 heterocycles. The molecule has 24 heavy (non-hydrogen) atoms. The monoisotopic (exact) mass is 356 g/mol. The maximum Gasteiger partial charge on any atom is 0.274 e. The Morgan fingerprint density at radius 2 is 2.21 bits per heavy atom. The van der Waals surface area contributed by atoms with Crippen molar-refractivity contribution in [3.63, 3.8) is 0 Å². The average molecular weight is 357 g/mol. The Kier molecular flexibility index (Phi) is 7.13. The maximum absolute atomic E-state index is 12.1. The normalized spacial score (nSPS) is 20.5. The van der Waals surface area contributed by atoms with Crippen molar-refractivity contribution < 1.29 is 9.72 Å². The summed E-state index contributed by atoms with van der Waals surface area (Å²) in [5.74, 6) is -0.130. The average Bonchev–Trinajstić information content (AvgIpc) is 2.89. The van der Waals surface area contributed by atoms with Crippen LogP contribution in [0.1, 0.15) is 25.3 Å². The number of hydrogen-bond acceptors (Lipinski definition) is 5. The fourth-order valence-electron chi connectivity index (χ4n) is 2.91. The third-order valence-corrected chi connectivity index (χ3v) is 4.56. The lowest BCUT2D eigenvalue weighted by molar-refractivity contribution is -0.385. The Bertz CT molecular complexity index is 611. The lowest BCUT2D eigenvalue weighted by atomic mass is 9.90. The van der Waals surface area contributed by atoms with Crippen LogP contribution in [0.5, 0.6) is 0 Å². The van der Waals surface area contributed by atoms with Gasteiger partial charge in [0.05, 0.1) is 16.2 Å². The van der Waals surface area contributed by atoms with Crippen LogP contribution in [0.3, 0.4) is 0 Å². The number of halogens is 1. The number of nitrogens with one attached hydrogen (secondary N) is 1. The highest BCUT2D eigenvalue weighted by molar-refractivity contribution is 5.92. The molecule has 8 heteroatoms. The molecule has 1 amide bonds. The number of likely N-dealkylation sites (tertiary alicyclic amines) is 1. The Morgan fingerprint density at radius 1 is 1.50 bits per heavy atom. The van der Waals surface area contributed by atoms with Gasteiger partial charge in [0.25, 0.3) is 5.69 Å². The van der Waals surface area contributed by atoms with Gasteiger partial charge in [-0.2, -0.15) is 0 Å². The van der Waals surface area contributed by atoms with Gasteiger partial charge >= 0.3 is 0 Å². The third kappa shape index (κ3) is 4.90. The van der Waals surface area contributed by atoms with Gasteiger partial charge in [-0.15, -0.1) is 12.4 Å². The Balaban J connectivity index is 0.00000288. The van der Waals surface area contributed by atoms with Gasteiger partial charge in [0.1, 0.15) is 0 Å². The van der Waals surface area contributed by atoms with E-state index in [0.29, 0.717) is 30.8 Å². The van der Waals surface area contributed by atoms with Crippen molar-refractivity contribution in [2.45, 2.75) is 26.7 Å². The first kappa shape index (κ1) is 20.3. The summed E-state index contributed by atoms with van der Waals surface area (Å²) in [6.07, 6.45) is 1.41. The second kappa shape index (κ2) is 8.41. The van der Waals surface area contributed by atoms with E-state index in [1.54, 1.807) is 19.1 Å². The molecule has 1 atom stereocenters. The molecule has 0 aromatic heterocycles. The zero-order valence-corrected chi connectivity index (χ0v) is 14.9. The predicted molar refractivity (Wildman–Crippen MR) is 96.5 cm³/mol. The summed E-state index contributed by atoms with van der Waals surface area (Å²) >= 11 is 0. The van der Waals surface area contributed by atoms with E-state index in [1.165, 1.54) is 6.07 Å². The lowest BCUT2D eigenvalue weighted by Gasteiger charge is -2.22. The molecule has 1 fully saturated rings. The molecule has 0 spiro atoms. The van der Waals surface area contributed by atoms with Crippen LogP contribution < -0.4 is 11.1 Å². The van der Waals surface area contributed by atoms with Crippen molar-refractivity contribution >= 4 is 29.7 Å². The molecule has 1 aliphatic heterocycles. The summed E-state index contributed by atoms with van der Waals surface area (Å²) < 4.78 is 0. The second-order valence-electron chi connectivity index (χ2n) is 6.55. The SMILES string of the molecule is Cc1c(NC(=O)CCN2CCC(C)(CN)C2)cccc1[N+](=O)[O-].Cl. The first-order chi connectivity index (χ1) is 10.8. The van der Waals surface area contributed by atoms with Gasteiger partial charge in [0.15, 0.2) is 0 Å². The molecular formula is C16H25ClN4O3. The number of hydrogen-bond donors (Lipinski definition) is 2. The maximum atomic E-state index is 12.1. The minimum Gasteiger partial charge on any atom is -0.330 e. The van der Waals surface area contributed by atoms with E-state index >= 15 is 0 Å². The van der Waals surface area contributed by atoms with Crippen molar-refractivity contribution in [1.29, 1.82) is 0 Å². The number of nitrogens with two attached hydrogens (primary N) is 1. The van der Waals surface area contributed by atoms with E-state index in [-0.39, 0.29) is 29.4 Å². The van der Waals surface area contributed by atoms with Crippen LogP contribution >= 0.6 is 12.4 Å². The number of anilines is 1. The van der Waals surface area contributed by atoms with Gasteiger partial charge in [-0.3, -0.25) is 14.9 Å². The lowest BCUT2D eigenvalue weighted by Crippen LogP contribution is -2.32. The van der Waals surface area contributed by atoms with E-state index < -0.39 is 4.92 Å². The van der Waals surface area contributed by atoms with Crippen molar-refractivity contribution in [2.75, 3.05) is 31.5 Å². The molecule has 0 aliphatic carbocycles. The van der Waals surface area contributed by atoms with Crippen LogP contribution in [-0.2, 0) is 4.79 Å². The number of nitro groups is 1. The van der Waals surface area contributed by atoms with Crippen molar-refractivity contribution in [3.8, 4) is 0 Å². The minimum atomic E-state index is -0.442. The largest absolute Gasteiger partial charge is 0.330 e. The van der Waals surface area contributed by atoms with Gasteiger partial charge in [0, 0.05) is 25.6 Å².